The molecule has 0 amide bonds. The van der Waals surface area contributed by atoms with E-state index in [9.17, 15) is 0 Å². The SMILES string of the molecule is CC(O)C(Br)(Br)CCBr. The third kappa shape index (κ3) is 3.96. The van der Waals surface area contributed by atoms with E-state index in [-0.39, 0.29) is 9.34 Å². The smallest absolute Gasteiger partial charge is 0.107 e. The minimum Gasteiger partial charge on any atom is -0.391 e. The molecule has 0 aromatic heterocycles. The van der Waals surface area contributed by atoms with Crippen LogP contribution in [0.15, 0.2) is 0 Å². The molecule has 1 unspecified atom stereocenters. The van der Waals surface area contributed by atoms with Crippen molar-refractivity contribution in [2.45, 2.75) is 22.7 Å². The van der Waals surface area contributed by atoms with Crippen molar-refractivity contribution in [3.8, 4) is 0 Å². The molecule has 0 heterocycles. The highest BCUT2D eigenvalue weighted by Crippen LogP contribution is 2.34. The van der Waals surface area contributed by atoms with Gasteiger partial charge in [-0.3, -0.25) is 0 Å². The number of aliphatic hydroxyl groups excluding tert-OH is 1. The lowest BCUT2D eigenvalue weighted by Crippen LogP contribution is -2.27. The van der Waals surface area contributed by atoms with Crippen LogP contribution in [0.1, 0.15) is 13.3 Å². The molecule has 56 valence electrons. The Kier molecular flexibility index (Phi) is 4.98. The van der Waals surface area contributed by atoms with Gasteiger partial charge in [-0.05, 0) is 13.3 Å². The average Bonchev–Trinajstić information content (AvgIpc) is 1.65. The van der Waals surface area contributed by atoms with E-state index in [1.807, 2.05) is 0 Å². The Balaban J connectivity index is 3.70. The molecule has 9 heavy (non-hydrogen) atoms. The lowest BCUT2D eigenvalue weighted by Gasteiger charge is -2.22. The van der Waals surface area contributed by atoms with Gasteiger partial charge in [0.25, 0.3) is 0 Å². The first-order valence-electron chi connectivity index (χ1n) is 2.62. The van der Waals surface area contributed by atoms with Gasteiger partial charge in [0.05, 0.1) is 6.10 Å². The summed E-state index contributed by atoms with van der Waals surface area (Å²) in [5.74, 6) is 0. The van der Waals surface area contributed by atoms with Gasteiger partial charge >= 0.3 is 0 Å². The van der Waals surface area contributed by atoms with Crippen LogP contribution in [0.5, 0.6) is 0 Å². The highest BCUT2D eigenvalue weighted by molar-refractivity contribution is 9.25. The molecule has 1 atom stereocenters. The van der Waals surface area contributed by atoms with E-state index in [4.69, 9.17) is 5.11 Å². The predicted molar refractivity (Wildman–Crippen MR) is 50.7 cm³/mol. The number of halogens is 3. The van der Waals surface area contributed by atoms with Crippen molar-refractivity contribution in [1.82, 2.24) is 0 Å². The maximum Gasteiger partial charge on any atom is 0.107 e. The van der Waals surface area contributed by atoms with Crippen molar-refractivity contribution in [3.05, 3.63) is 0 Å². The van der Waals surface area contributed by atoms with Gasteiger partial charge in [0.2, 0.25) is 0 Å². The van der Waals surface area contributed by atoms with Gasteiger partial charge in [-0.15, -0.1) is 0 Å². The molecule has 0 spiro atoms. The van der Waals surface area contributed by atoms with Gasteiger partial charge < -0.3 is 5.11 Å². The molecule has 0 fully saturated rings. The normalized spacial score (nSPS) is 15.7. The van der Waals surface area contributed by atoms with Crippen LogP contribution in [0.2, 0.25) is 0 Å². The Labute approximate surface area is 80.6 Å². The van der Waals surface area contributed by atoms with Gasteiger partial charge in [-0.25, -0.2) is 0 Å². The molecule has 1 nitrogen and oxygen atoms in total. The van der Waals surface area contributed by atoms with Gasteiger partial charge in [0.15, 0.2) is 0 Å². The summed E-state index contributed by atoms with van der Waals surface area (Å²) in [6, 6.07) is 0. The molecule has 0 saturated carbocycles. The van der Waals surface area contributed by atoms with Gasteiger partial charge in [-0.2, -0.15) is 0 Å². The summed E-state index contributed by atoms with van der Waals surface area (Å²) in [7, 11) is 0. The van der Waals surface area contributed by atoms with Crippen LogP contribution in [-0.2, 0) is 0 Å². The van der Waals surface area contributed by atoms with Crippen LogP contribution >= 0.6 is 47.8 Å². The standard InChI is InChI=1S/C5H9Br3O/c1-4(9)5(7,8)2-3-6/h4,9H,2-3H2,1H3. The summed E-state index contributed by atoms with van der Waals surface area (Å²) in [6.07, 6.45) is 0.472. The number of hydrogen-bond donors (Lipinski definition) is 1. The first kappa shape index (κ1) is 10.4. The first-order valence-corrected chi connectivity index (χ1v) is 5.33. The Morgan fingerprint density at radius 2 is 2.00 bits per heavy atom. The van der Waals surface area contributed by atoms with Gasteiger partial charge in [-0.1, -0.05) is 47.8 Å². The Morgan fingerprint density at radius 3 is 2.11 bits per heavy atom. The molecular weight excluding hydrogens is 316 g/mol. The van der Waals surface area contributed by atoms with Crippen LogP contribution < -0.4 is 0 Å². The van der Waals surface area contributed by atoms with Crippen LogP contribution in [0, 0.1) is 0 Å². The zero-order valence-corrected chi connectivity index (χ0v) is 9.83. The predicted octanol–water partition coefficient (Wildman–Crippen LogP) is 2.64. The summed E-state index contributed by atoms with van der Waals surface area (Å²) in [6.45, 7) is 1.74. The van der Waals surface area contributed by atoms with E-state index in [2.05, 4.69) is 47.8 Å². The molecule has 0 aliphatic heterocycles. The number of hydrogen-bond acceptors (Lipinski definition) is 1. The molecule has 0 radical (unpaired) electrons. The zero-order valence-electron chi connectivity index (χ0n) is 5.07. The van der Waals surface area contributed by atoms with Crippen molar-refractivity contribution in [1.29, 1.82) is 0 Å². The van der Waals surface area contributed by atoms with Crippen LogP contribution in [0.4, 0.5) is 0 Å². The fourth-order valence-electron chi connectivity index (χ4n) is 0.335. The van der Waals surface area contributed by atoms with Crippen molar-refractivity contribution < 1.29 is 5.11 Å². The van der Waals surface area contributed by atoms with Gasteiger partial charge in [0.1, 0.15) is 3.23 Å². The van der Waals surface area contributed by atoms with E-state index >= 15 is 0 Å². The number of alkyl halides is 3. The van der Waals surface area contributed by atoms with Crippen LogP contribution in [-0.4, -0.2) is 19.8 Å². The second kappa shape index (κ2) is 4.31. The van der Waals surface area contributed by atoms with E-state index < -0.39 is 0 Å². The first-order chi connectivity index (χ1) is 4.00. The van der Waals surface area contributed by atoms with E-state index in [0.29, 0.717) is 0 Å². The molecular formula is C5H9Br3O. The zero-order chi connectivity index (χ0) is 7.49. The molecule has 0 aromatic rings. The van der Waals surface area contributed by atoms with Gasteiger partial charge in [0, 0.05) is 5.33 Å². The molecule has 4 heteroatoms. The van der Waals surface area contributed by atoms with Crippen LogP contribution in [0.25, 0.3) is 0 Å². The number of rotatable bonds is 3. The topological polar surface area (TPSA) is 20.2 Å². The Hall–Kier alpha value is 1.40. The highest BCUT2D eigenvalue weighted by atomic mass is 79.9. The van der Waals surface area contributed by atoms with E-state index in [1.54, 1.807) is 6.92 Å². The fourth-order valence-corrected chi connectivity index (χ4v) is 2.42. The molecule has 0 aliphatic rings. The van der Waals surface area contributed by atoms with Crippen molar-refractivity contribution in [3.63, 3.8) is 0 Å². The molecule has 0 saturated heterocycles. The summed E-state index contributed by atoms with van der Waals surface area (Å²) in [5.41, 5.74) is 0. The molecule has 0 rings (SSSR count). The highest BCUT2D eigenvalue weighted by Gasteiger charge is 2.27. The minimum absolute atomic E-state index is 0.316. The average molecular weight is 325 g/mol. The molecule has 0 bridgehead atoms. The Bertz CT molecular complexity index is 82.3. The minimum atomic E-state index is -0.380. The lowest BCUT2D eigenvalue weighted by molar-refractivity contribution is 0.184. The lowest BCUT2D eigenvalue weighted by atomic mass is 10.2. The Morgan fingerprint density at radius 1 is 1.56 bits per heavy atom. The quantitative estimate of drug-likeness (QED) is 0.791. The molecule has 0 aromatic carbocycles. The second-order valence-corrected chi connectivity index (χ2v) is 6.56. The largest absolute Gasteiger partial charge is 0.391 e. The van der Waals surface area contributed by atoms with E-state index in [0.717, 1.165) is 11.8 Å². The number of aliphatic hydroxyl groups is 1. The maximum absolute atomic E-state index is 9.10. The summed E-state index contributed by atoms with van der Waals surface area (Å²) < 4.78 is -0.316. The van der Waals surface area contributed by atoms with Crippen molar-refractivity contribution >= 4 is 47.8 Å². The van der Waals surface area contributed by atoms with Crippen molar-refractivity contribution in [2.75, 3.05) is 5.33 Å². The van der Waals surface area contributed by atoms with Crippen molar-refractivity contribution in [2.24, 2.45) is 0 Å². The third-order valence-corrected chi connectivity index (χ3v) is 3.55. The summed E-state index contributed by atoms with van der Waals surface area (Å²) in [4.78, 5) is 0. The monoisotopic (exact) mass is 322 g/mol. The molecule has 1 N–H and O–H groups in total. The summed E-state index contributed by atoms with van der Waals surface area (Å²) in [5, 5.41) is 9.97. The second-order valence-electron chi connectivity index (χ2n) is 1.88. The third-order valence-electron chi connectivity index (χ3n) is 1.04. The summed E-state index contributed by atoms with van der Waals surface area (Å²) >= 11 is 9.97. The molecule has 0 aliphatic carbocycles. The van der Waals surface area contributed by atoms with Crippen LogP contribution in [0.3, 0.4) is 0 Å². The van der Waals surface area contributed by atoms with E-state index in [1.165, 1.54) is 0 Å². The maximum atomic E-state index is 9.10. The fraction of sp³-hybridized carbons (Fsp3) is 1.00.